The van der Waals surface area contributed by atoms with Gasteiger partial charge in [0, 0.05) is 24.2 Å². The fourth-order valence-electron chi connectivity index (χ4n) is 2.85. The van der Waals surface area contributed by atoms with Gasteiger partial charge in [-0.25, -0.2) is 0 Å². The largest absolute Gasteiger partial charge is 0.394 e. The van der Waals surface area contributed by atoms with Gasteiger partial charge in [0.05, 0.1) is 24.9 Å². The van der Waals surface area contributed by atoms with E-state index in [1.54, 1.807) is 36.2 Å². The predicted molar refractivity (Wildman–Crippen MR) is 99.7 cm³/mol. The number of aliphatic hydroxyl groups excluding tert-OH is 1. The van der Waals surface area contributed by atoms with Crippen molar-refractivity contribution in [3.05, 3.63) is 65.8 Å². The van der Waals surface area contributed by atoms with E-state index < -0.39 is 0 Å². The van der Waals surface area contributed by atoms with Crippen LogP contribution in [0.4, 0.5) is 0 Å². The summed E-state index contributed by atoms with van der Waals surface area (Å²) < 4.78 is 5.02. The fourth-order valence-corrected chi connectivity index (χ4v) is 2.85. The van der Waals surface area contributed by atoms with Crippen molar-refractivity contribution in [1.29, 1.82) is 0 Å². The summed E-state index contributed by atoms with van der Waals surface area (Å²) in [5, 5.41) is 13.7. The maximum atomic E-state index is 13.2. The van der Waals surface area contributed by atoms with Gasteiger partial charge in [-0.15, -0.1) is 0 Å². The van der Waals surface area contributed by atoms with Crippen LogP contribution in [0.3, 0.4) is 0 Å². The van der Waals surface area contributed by atoms with E-state index in [1.807, 2.05) is 31.2 Å². The van der Waals surface area contributed by atoms with Crippen LogP contribution in [0.25, 0.3) is 11.4 Å². The molecular weight excluding hydrogens is 344 g/mol. The summed E-state index contributed by atoms with van der Waals surface area (Å²) in [6.45, 7) is 3.87. The van der Waals surface area contributed by atoms with Crippen LogP contribution in [-0.2, 0) is 6.54 Å². The number of amides is 1. The Kier molecular flexibility index (Phi) is 5.93. The van der Waals surface area contributed by atoms with E-state index in [4.69, 9.17) is 4.52 Å². The van der Waals surface area contributed by atoms with Crippen LogP contribution in [0.2, 0.25) is 0 Å². The molecule has 2 aromatic heterocycles. The molecule has 0 fully saturated rings. The number of nitrogens with zero attached hydrogens (tertiary/aromatic N) is 4. The molecule has 7 heteroatoms. The zero-order valence-corrected chi connectivity index (χ0v) is 15.4. The van der Waals surface area contributed by atoms with Crippen LogP contribution in [0.5, 0.6) is 0 Å². The highest BCUT2D eigenvalue weighted by Crippen LogP contribution is 2.20. The molecule has 3 rings (SSSR count). The molecule has 1 N–H and O–H groups in total. The number of rotatable bonds is 7. The molecule has 1 aromatic carbocycles. The predicted octanol–water partition coefficient (Wildman–Crippen LogP) is 2.85. The first-order valence-electron chi connectivity index (χ1n) is 8.84. The Labute approximate surface area is 157 Å². The summed E-state index contributed by atoms with van der Waals surface area (Å²) in [6.07, 6.45) is 2.33. The third kappa shape index (κ3) is 4.38. The van der Waals surface area contributed by atoms with Crippen molar-refractivity contribution < 1.29 is 14.4 Å². The monoisotopic (exact) mass is 366 g/mol. The Bertz CT molecular complexity index is 891. The van der Waals surface area contributed by atoms with Gasteiger partial charge < -0.3 is 14.5 Å². The smallest absolute Gasteiger partial charge is 0.254 e. The second kappa shape index (κ2) is 8.55. The van der Waals surface area contributed by atoms with Crippen molar-refractivity contribution in [2.75, 3.05) is 6.61 Å². The highest BCUT2D eigenvalue weighted by Gasteiger charge is 2.24. The molecule has 0 bridgehead atoms. The van der Waals surface area contributed by atoms with Gasteiger partial charge in [0.2, 0.25) is 11.7 Å². The molecule has 3 aromatic rings. The minimum atomic E-state index is -0.296. The van der Waals surface area contributed by atoms with Crippen LogP contribution in [-0.4, -0.2) is 43.7 Å². The topological polar surface area (TPSA) is 92.3 Å². The summed E-state index contributed by atoms with van der Waals surface area (Å²) in [6, 6.07) is 12.4. The first kappa shape index (κ1) is 18.7. The van der Waals surface area contributed by atoms with Gasteiger partial charge in [-0.2, -0.15) is 4.98 Å². The molecule has 2 heterocycles. The lowest BCUT2D eigenvalue weighted by Gasteiger charge is -2.30. The molecule has 1 unspecified atom stereocenters. The van der Waals surface area contributed by atoms with Gasteiger partial charge >= 0.3 is 0 Å². The van der Waals surface area contributed by atoms with Crippen LogP contribution < -0.4 is 0 Å². The summed E-state index contributed by atoms with van der Waals surface area (Å²) in [4.78, 5) is 23.4. The summed E-state index contributed by atoms with van der Waals surface area (Å²) in [5.74, 6) is 0.723. The molecule has 7 nitrogen and oxygen atoms in total. The fraction of sp³-hybridized carbons (Fsp3) is 0.300. The molecule has 0 saturated carbocycles. The van der Waals surface area contributed by atoms with Crippen molar-refractivity contribution in [3.63, 3.8) is 0 Å². The van der Waals surface area contributed by atoms with Gasteiger partial charge in [-0.05, 0) is 30.7 Å². The van der Waals surface area contributed by atoms with E-state index in [9.17, 15) is 9.90 Å². The Morgan fingerprint density at radius 3 is 2.74 bits per heavy atom. The number of pyridine rings is 1. The van der Waals surface area contributed by atoms with Gasteiger partial charge in [-0.3, -0.25) is 9.78 Å². The minimum absolute atomic E-state index is 0.112. The summed E-state index contributed by atoms with van der Waals surface area (Å²) in [7, 11) is 0. The Balaban J connectivity index is 1.91. The standard InChI is InChI=1S/C20H22N4O3/c1-3-18(13-25)24(12-17-9-4-5-10-21-17)20(26)16-8-6-7-15(11-16)19-22-14(2)27-23-19/h4-11,18,25H,3,12-13H2,1-2H3. The van der Waals surface area contributed by atoms with Crippen LogP contribution in [0.1, 0.15) is 35.3 Å². The van der Waals surface area contributed by atoms with E-state index >= 15 is 0 Å². The highest BCUT2D eigenvalue weighted by molar-refractivity contribution is 5.95. The second-order valence-corrected chi connectivity index (χ2v) is 6.22. The molecular formula is C20H22N4O3. The van der Waals surface area contributed by atoms with Crippen LogP contribution in [0, 0.1) is 6.92 Å². The number of aryl methyl sites for hydroxylation is 1. The van der Waals surface area contributed by atoms with Crippen molar-refractivity contribution in [3.8, 4) is 11.4 Å². The van der Waals surface area contributed by atoms with Crippen molar-refractivity contribution in [2.24, 2.45) is 0 Å². The van der Waals surface area contributed by atoms with E-state index in [1.165, 1.54) is 0 Å². The quantitative estimate of drug-likeness (QED) is 0.691. The zero-order valence-electron chi connectivity index (χ0n) is 15.4. The molecule has 0 spiro atoms. The van der Waals surface area contributed by atoms with E-state index in [2.05, 4.69) is 15.1 Å². The molecule has 0 aliphatic heterocycles. The van der Waals surface area contributed by atoms with Gasteiger partial charge in [-0.1, -0.05) is 30.3 Å². The lowest BCUT2D eigenvalue weighted by molar-refractivity contribution is 0.0560. The normalized spacial score (nSPS) is 12.0. The molecule has 0 saturated heterocycles. The van der Waals surface area contributed by atoms with Crippen molar-refractivity contribution in [1.82, 2.24) is 20.0 Å². The first-order chi connectivity index (χ1) is 13.1. The second-order valence-electron chi connectivity index (χ2n) is 6.22. The molecule has 0 aliphatic carbocycles. The van der Waals surface area contributed by atoms with Crippen molar-refractivity contribution >= 4 is 5.91 Å². The van der Waals surface area contributed by atoms with Crippen LogP contribution in [0.15, 0.2) is 53.2 Å². The number of aliphatic hydroxyl groups is 1. The third-order valence-electron chi connectivity index (χ3n) is 4.34. The van der Waals surface area contributed by atoms with E-state index in [-0.39, 0.29) is 18.6 Å². The first-order valence-corrected chi connectivity index (χ1v) is 8.84. The Morgan fingerprint density at radius 1 is 1.26 bits per heavy atom. The molecule has 0 radical (unpaired) electrons. The lowest BCUT2D eigenvalue weighted by atomic mass is 10.1. The molecule has 0 aliphatic rings. The molecule has 27 heavy (non-hydrogen) atoms. The number of carbonyl (C=O) groups is 1. The Hall–Kier alpha value is -3.06. The number of carbonyl (C=O) groups excluding carboxylic acids is 1. The number of hydrogen-bond acceptors (Lipinski definition) is 6. The van der Waals surface area contributed by atoms with Crippen molar-refractivity contribution in [2.45, 2.75) is 32.9 Å². The average molecular weight is 366 g/mol. The highest BCUT2D eigenvalue weighted by atomic mass is 16.5. The van der Waals surface area contributed by atoms with Crippen LogP contribution >= 0.6 is 0 Å². The summed E-state index contributed by atoms with van der Waals surface area (Å²) >= 11 is 0. The number of benzene rings is 1. The van der Waals surface area contributed by atoms with E-state index in [0.717, 1.165) is 5.69 Å². The lowest BCUT2D eigenvalue weighted by Crippen LogP contribution is -2.41. The Morgan fingerprint density at radius 2 is 2.11 bits per heavy atom. The molecule has 1 amide bonds. The molecule has 1 atom stereocenters. The van der Waals surface area contributed by atoms with Gasteiger partial charge in [0.15, 0.2) is 0 Å². The SMILES string of the molecule is CCC(CO)N(Cc1ccccn1)C(=O)c1cccc(-c2noc(C)n2)c1. The van der Waals surface area contributed by atoms with E-state index in [0.29, 0.717) is 35.8 Å². The maximum absolute atomic E-state index is 13.2. The number of hydrogen-bond donors (Lipinski definition) is 1. The molecule has 140 valence electrons. The minimum Gasteiger partial charge on any atom is -0.394 e. The van der Waals surface area contributed by atoms with Gasteiger partial charge in [0.25, 0.3) is 5.91 Å². The summed E-state index contributed by atoms with van der Waals surface area (Å²) in [5.41, 5.74) is 1.97. The third-order valence-corrected chi connectivity index (χ3v) is 4.34. The van der Waals surface area contributed by atoms with Gasteiger partial charge in [0.1, 0.15) is 0 Å². The zero-order chi connectivity index (χ0) is 19.2. The average Bonchev–Trinajstić information content (AvgIpc) is 3.15. The maximum Gasteiger partial charge on any atom is 0.254 e. The number of aromatic nitrogens is 3.